The number of amides is 1. The molecule has 0 radical (unpaired) electrons. The number of rotatable bonds is 1. The van der Waals surface area contributed by atoms with Gasteiger partial charge in [0.15, 0.2) is 0 Å². The van der Waals surface area contributed by atoms with Crippen LogP contribution in [0.2, 0.25) is 0 Å². The second-order valence-corrected chi connectivity index (χ2v) is 4.40. The first-order chi connectivity index (χ1) is 8.66. The highest BCUT2D eigenvalue weighted by Gasteiger charge is 2.29. The van der Waals surface area contributed by atoms with E-state index in [-0.39, 0.29) is 0 Å². The number of hydrogen-bond donors (Lipinski definition) is 1. The molecule has 1 aromatic carbocycles. The Morgan fingerprint density at radius 3 is 2.67 bits per heavy atom. The standard InChI is InChI=1S/C13H13N3O2/c1-15-11-8-16(13(17)18)7-10(11)12(14-15)9-5-3-2-4-6-9/h2-6H,7-8H2,1H3,(H,17,18). The molecule has 1 aromatic heterocycles. The maximum absolute atomic E-state index is 11.0. The molecule has 0 fully saturated rings. The van der Waals surface area contributed by atoms with Crippen molar-refractivity contribution in [1.82, 2.24) is 14.7 Å². The quantitative estimate of drug-likeness (QED) is 0.834. The minimum atomic E-state index is -0.884. The van der Waals surface area contributed by atoms with Crippen LogP contribution < -0.4 is 0 Å². The normalized spacial score (nSPS) is 13.7. The summed E-state index contributed by atoms with van der Waals surface area (Å²) in [5.41, 5.74) is 3.92. The molecule has 0 unspecified atom stereocenters. The number of fused-ring (bicyclic) bond motifs is 1. The largest absolute Gasteiger partial charge is 0.465 e. The van der Waals surface area contributed by atoms with E-state index in [0.29, 0.717) is 13.1 Å². The lowest BCUT2D eigenvalue weighted by atomic mass is 10.1. The van der Waals surface area contributed by atoms with Crippen LogP contribution in [-0.4, -0.2) is 25.9 Å². The summed E-state index contributed by atoms with van der Waals surface area (Å²) in [6, 6.07) is 9.86. The van der Waals surface area contributed by atoms with E-state index in [9.17, 15) is 4.79 Å². The minimum absolute atomic E-state index is 0.418. The molecule has 1 aliphatic heterocycles. The van der Waals surface area contributed by atoms with Crippen LogP contribution in [0.25, 0.3) is 11.3 Å². The van der Waals surface area contributed by atoms with Crippen molar-refractivity contribution in [2.24, 2.45) is 7.05 Å². The van der Waals surface area contributed by atoms with Gasteiger partial charge >= 0.3 is 6.09 Å². The smallest absolute Gasteiger partial charge is 0.407 e. The summed E-state index contributed by atoms with van der Waals surface area (Å²) in [6.07, 6.45) is -0.884. The van der Waals surface area contributed by atoms with Crippen LogP contribution in [0.4, 0.5) is 4.79 Å². The van der Waals surface area contributed by atoms with Crippen LogP contribution in [0.5, 0.6) is 0 Å². The van der Waals surface area contributed by atoms with E-state index in [1.54, 1.807) is 4.68 Å². The zero-order valence-electron chi connectivity index (χ0n) is 10.00. The van der Waals surface area contributed by atoms with E-state index < -0.39 is 6.09 Å². The van der Waals surface area contributed by atoms with Gasteiger partial charge in [-0.2, -0.15) is 5.10 Å². The van der Waals surface area contributed by atoms with Gasteiger partial charge in [-0.3, -0.25) is 9.58 Å². The topological polar surface area (TPSA) is 58.4 Å². The average Bonchev–Trinajstić information content (AvgIpc) is 2.92. The number of hydrogen-bond acceptors (Lipinski definition) is 2. The predicted molar refractivity (Wildman–Crippen MR) is 65.9 cm³/mol. The number of aromatic nitrogens is 2. The van der Waals surface area contributed by atoms with Crippen molar-refractivity contribution in [3.8, 4) is 11.3 Å². The van der Waals surface area contributed by atoms with E-state index >= 15 is 0 Å². The van der Waals surface area contributed by atoms with E-state index in [4.69, 9.17) is 5.11 Å². The molecule has 2 heterocycles. The van der Waals surface area contributed by atoms with Crippen molar-refractivity contribution < 1.29 is 9.90 Å². The molecule has 0 bridgehead atoms. The summed E-state index contributed by atoms with van der Waals surface area (Å²) >= 11 is 0. The third-order valence-electron chi connectivity index (χ3n) is 3.28. The average molecular weight is 243 g/mol. The first-order valence-electron chi connectivity index (χ1n) is 5.75. The molecule has 2 aromatic rings. The van der Waals surface area contributed by atoms with E-state index in [1.165, 1.54) is 4.90 Å². The highest BCUT2D eigenvalue weighted by Crippen LogP contribution is 2.31. The molecular weight excluding hydrogens is 230 g/mol. The van der Waals surface area contributed by atoms with Crippen molar-refractivity contribution in [3.05, 3.63) is 41.6 Å². The predicted octanol–water partition coefficient (Wildman–Crippen LogP) is 2.08. The van der Waals surface area contributed by atoms with E-state index in [2.05, 4.69) is 5.10 Å². The number of aryl methyl sites for hydroxylation is 1. The number of carbonyl (C=O) groups is 1. The van der Waals surface area contributed by atoms with E-state index in [0.717, 1.165) is 22.5 Å². The number of benzene rings is 1. The Morgan fingerprint density at radius 2 is 2.00 bits per heavy atom. The van der Waals surface area contributed by atoms with Crippen LogP contribution in [0.1, 0.15) is 11.3 Å². The Balaban J connectivity index is 2.06. The Labute approximate surface area is 104 Å². The lowest BCUT2D eigenvalue weighted by Crippen LogP contribution is -2.23. The molecule has 1 N–H and O–H groups in total. The van der Waals surface area contributed by atoms with Gasteiger partial charge in [0.1, 0.15) is 0 Å². The minimum Gasteiger partial charge on any atom is -0.465 e. The molecule has 0 atom stereocenters. The molecule has 18 heavy (non-hydrogen) atoms. The fourth-order valence-electron chi connectivity index (χ4n) is 2.36. The second kappa shape index (κ2) is 3.87. The lowest BCUT2D eigenvalue weighted by Gasteiger charge is -2.11. The molecule has 5 nitrogen and oxygen atoms in total. The highest BCUT2D eigenvalue weighted by molar-refractivity contribution is 5.70. The third-order valence-corrected chi connectivity index (χ3v) is 3.28. The van der Waals surface area contributed by atoms with E-state index in [1.807, 2.05) is 37.4 Å². The van der Waals surface area contributed by atoms with Gasteiger partial charge in [0.2, 0.25) is 0 Å². The molecule has 1 amide bonds. The molecule has 0 saturated heterocycles. The third kappa shape index (κ3) is 1.55. The Morgan fingerprint density at radius 1 is 1.28 bits per heavy atom. The molecule has 1 aliphatic rings. The Hall–Kier alpha value is -2.30. The Kier molecular flexibility index (Phi) is 2.33. The fourth-order valence-corrected chi connectivity index (χ4v) is 2.36. The second-order valence-electron chi connectivity index (χ2n) is 4.40. The molecular formula is C13H13N3O2. The van der Waals surface area contributed by atoms with Crippen molar-refractivity contribution in [2.75, 3.05) is 0 Å². The highest BCUT2D eigenvalue weighted by atomic mass is 16.4. The van der Waals surface area contributed by atoms with Gasteiger partial charge in [-0.1, -0.05) is 30.3 Å². The van der Waals surface area contributed by atoms with Crippen LogP contribution in [0.15, 0.2) is 30.3 Å². The molecule has 3 rings (SSSR count). The van der Waals surface area contributed by atoms with Gasteiger partial charge in [-0.05, 0) is 0 Å². The number of carboxylic acid groups (broad SMARTS) is 1. The van der Waals surface area contributed by atoms with Gasteiger partial charge in [0.25, 0.3) is 0 Å². The SMILES string of the molecule is Cn1nc(-c2ccccc2)c2c1CN(C(=O)O)C2. The van der Waals surface area contributed by atoms with Crippen LogP contribution >= 0.6 is 0 Å². The number of nitrogens with zero attached hydrogens (tertiary/aromatic N) is 3. The van der Waals surface area contributed by atoms with Crippen LogP contribution in [0.3, 0.4) is 0 Å². The molecule has 92 valence electrons. The molecule has 0 spiro atoms. The summed E-state index contributed by atoms with van der Waals surface area (Å²) in [5.74, 6) is 0. The van der Waals surface area contributed by atoms with Crippen LogP contribution in [0, 0.1) is 0 Å². The molecule has 0 saturated carbocycles. The zero-order valence-corrected chi connectivity index (χ0v) is 10.00. The monoisotopic (exact) mass is 243 g/mol. The maximum atomic E-state index is 11.0. The van der Waals surface area contributed by atoms with Crippen molar-refractivity contribution in [1.29, 1.82) is 0 Å². The van der Waals surface area contributed by atoms with Crippen molar-refractivity contribution >= 4 is 6.09 Å². The fraction of sp³-hybridized carbons (Fsp3) is 0.231. The van der Waals surface area contributed by atoms with Gasteiger partial charge in [0.05, 0.1) is 24.5 Å². The summed E-state index contributed by atoms with van der Waals surface area (Å²) in [6.45, 7) is 0.837. The van der Waals surface area contributed by atoms with Gasteiger partial charge in [-0.25, -0.2) is 4.79 Å². The van der Waals surface area contributed by atoms with Crippen molar-refractivity contribution in [2.45, 2.75) is 13.1 Å². The summed E-state index contributed by atoms with van der Waals surface area (Å²) in [4.78, 5) is 12.4. The lowest BCUT2D eigenvalue weighted by molar-refractivity contribution is 0.144. The maximum Gasteiger partial charge on any atom is 0.407 e. The van der Waals surface area contributed by atoms with Gasteiger partial charge in [0, 0.05) is 18.2 Å². The van der Waals surface area contributed by atoms with Gasteiger partial charge < -0.3 is 5.11 Å². The first-order valence-corrected chi connectivity index (χ1v) is 5.75. The summed E-state index contributed by atoms with van der Waals surface area (Å²) < 4.78 is 1.78. The zero-order chi connectivity index (χ0) is 12.7. The van der Waals surface area contributed by atoms with Gasteiger partial charge in [-0.15, -0.1) is 0 Å². The van der Waals surface area contributed by atoms with Crippen molar-refractivity contribution in [3.63, 3.8) is 0 Å². The van der Waals surface area contributed by atoms with Crippen LogP contribution in [-0.2, 0) is 20.1 Å². The summed E-state index contributed by atoms with van der Waals surface area (Å²) in [7, 11) is 1.86. The summed E-state index contributed by atoms with van der Waals surface area (Å²) in [5, 5.41) is 13.5. The first kappa shape index (κ1) is 10.8. The molecule has 0 aliphatic carbocycles. The molecule has 5 heteroatoms. The Bertz CT molecular complexity index is 604.